The number of nitrogens with zero attached hydrogens (tertiary/aromatic N) is 2. The summed E-state index contributed by atoms with van der Waals surface area (Å²) < 4.78 is 0. The zero-order valence-electron chi connectivity index (χ0n) is 9.87. The number of hydrogen-bond donors (Lipinski definition) is 0. The van der Waals surface area contributed by atoms with Gasteiger partial charge in [-0.25, -0.2) is 4.79 Å². The third-order valence-electron chi connectivity index (χ3n) is 2.59. The number of rotatable bonds is 2. The van der Waals surface area contributed by atoms with Crippen molar-refractivity contribution in [1.29, 1.82) is 0 Å². The van der Waals surface area contributed by atoms with Crippen LogP contribution < -0.4 is 0 Å². The zero-order valence-corrected chi connectivity index (χ0v) is 9.87. The van der Waals surface area contributed by atoms with Gasteiger partial charge in [0.1, 0.15) is 0 Å². The highest BCUT2D eigenvalue weighted by Crippen LogP contribution is 2.10. The van der Waals surface area contributed by atoms with Crippen molar-refractivity contribution in [2.45, 2.75) is 6.54 Å². The summed E-state index contributed by atoms with van der Waals surface area (Å²) in [6.07, 6.45) is 2.19. The molecule has 0 spiro atoms. The molecule has 1 aromatic rings. The monoisotopic (exact) mass is 244 g/mol. The SMILES string of the molecule is CN(Cc1ccccc1)C(=O)N1C(=O)C=CC1=O. The van der Waals surface area contributed by atoms with Crippen LogP contribution in [-0.2, 0) is 16.1 Å². The number of amides is 4. The first-order valence-corrected chi connectivity index (χ1v) is 5.45. The Kier molecular flexibility index (Phi) is 3.23. The van der Waals surface area contributed by atoms with Gasteiger partial charge in [0.2, 0.25) is 0 Å². The van der Waals surface area contributed by atoms with Crippen LogP contribution in [0.3, 0.4) is 0 Å². The molecule has 0 radical (unpaired) electrons. The number of carbonyl (C=O) groups excluding carboxylic acids is 3. The maximum absolute atomic E-state index is 11.9. The number of carbonyl (C=O) groups is 3. The van der Waals surface area contributed by atoms with Crippen molar-refractivity contribution in [2.24, 2.45) is 0 Å². The van der Waals surface area contributed by atoms with Crippen LogP contribution in [0.25, 0.3) is 0 Å². The fourth-order valence-electron chi connectivity index (χ4n) is 1.68. The highest BCUT2D eigenvalue weighted by molar-refractivity contribution is 6.22. The maximum atomic E-state index is 11.9. The summed E-state index contributed by atoms with van der Waals surface area (Å²) in [5.41, 5.74) is 0.931. The van der Waals surface area contributed by atoms with Crippen molar-refractivity contribution in [1.82, 2.24) is 9.80 Å². The summed E-state index contributed by atoms with van der Waals surface area (Å²) in [5, 5.41) is 0. The lowest BCUT2D eigenvalue weighted by atomic mass is 10.2. The van der Waals surface area contributed by atoms with Crippen molar-refractivity contribution in [3.63, 3.8) is 0 Å². The minimum absolute atomic E-state index is 0.344. The summed E-state index contributed by atoms with van der Waals surface area (Å²) in [6.45, 7) is 0.344. The maximum Gasteiger partial charge on any atom is 0.334 e. The first kappa shape index (κ1) is 12.0. The third-order valence-corrected chi connectivity index (χ3v) is 2.59. The van der Waals surface area contributed by atoms with Gasteiger partial charge in [-0.05, 0) is 5.56 Å². The van der Waals surface area contributed by atoms with E-state index in [4.69, 9.17) is 0 Å². The van der Waals surface area contributed by atoms with E-state index in [1.807, 2.05) is 30.3 Å². The van der Waals surface area contributed by atoms with Crippen LogP contribution in [0.5, 0.6) is 0 Å². The number of urea groups is 1. The minimum atomic E-state index is -0.612. The molecule has 0 aromatic heterocycles. The van der Waals surface area contributed by atoms with E-state index in [2.05, 4.69) is 0 Å². The van der Waals surface area contributed by atoms with Gasteiger partial charge >= 0.3 is 6.03 Å². The first-order chi connectivity index (χ1) is 8.59. The van der Waals surface area contributed by atoms with Gasteiger partial charge in [0.15, 0.2) is 0 Å². The van der Waals surface area contributed by atoms with Crippen LogP contribution in [0.1, 0.15) is 5.56 Å². The van der Waals surface area contributed by atoms with Crippen LogP contribution in [0, 0.1) is 0 Å². The molecule has 1 aliphatic heterocycles. The molecule has 0 saturated heterocycles. The van der Waals surface area contributed by atoms with Gasteiger partial charge in [-0.1, -0.05) is 30.3 Å². The summed E-state index contributed by atoms with van der Waals surface area (Å²) in [6, 6.07) is 8.73. The van der Waals surface area contributed by atoms with Gasteiger partial charge in [0.25, 0.3) is 11.8 Å². The molecule has 1 aliphatic rings. The predicted octanol–water partition coefficient (Wildman–Crippen LogP) is 1.16. The molecular formula is C13H12N2O3. The molecule has 18 heavy (non-hydrogen) atoms. The van der Waals surface area contributed by atoms with Crippen LogP contribution >= 0.6 is 0 Å². The second-order valence-electron chi connectivity index (χ2n) is 3.97. The van der Waals surface area contributed by atoms with Gasteiger partial charge in [-0.15, -0.1) is 0 Å². The molecule has 4 amide bonds. The Labute approximate surface area is 104 Å². The average molecular weight is 244 g/mol. The van der Waals surface area contributed by atoms with Crippen LogP contribution in [0.15, 0.2) is 42.5 Å². The number of hydrogen-bond acceptors (Lipinski definition) is 3. The lowest BCUT2D eigenvalue weighted by molar-refractivity contribution is -0.133. The lowest BCUT2D eigenvalue weighted by Gasteiger charge is -2.21. The Morgan fingerprint density at radius 1 is 1.11 bits per heavy atom. The predicted molar refractivity (Wildman–Crippen MR) is 64.3 cm³/mol. The van der Waals surface area contributed by atoms with Crippen LogP contribution in [0.2, 0.25) is 0 Å². The molecule has 0 atom stereocenters. The van der Waals surface area contributed by atoms with Gasteiger partial charge in [-0.2, -0.15) is 4.90 Å². The molecule has 1 aromatic carbocycles. The average Bonchev–Trinajstić information content (AvgIpc) is 2.69. The van der Waals surface area contributed by atoms with E-state index in [1.165, 1.54) is 4.90 Å². The zero-order chi connectivity index (χ0) is 13.1. The first-order valence-electron chi connectivity index (χ1n) is 5.45. The van der Waals surface area contributed by atoms with Crippen molar-refractivity contribution in [2.75, 3.05) is 7.05 Å². The smallest absolute Gasteiger partial charge is 0.323 e. The molecule has 2 rings (SSSR count). The third kappa shape index (κ3) is 2.29. The molecule has 92 valence electrons. The fraction of sp³-hybridized carbons (Fsp3) is 0.154. The van der Waals surface area contributed by atoms with Crippen molar-refractivity contribution < 1.29 is 14.4 Å². The topological polar surface area (TPSA) is 57.7 Å². The van der Waals surface area contributed by atoms with E-state index in [1.54, 1.807) is 7.05 Å². The normalized spacial score (nSPS) is 14.2. The minimum Gasteiger partial charge on any atom is -0.323 e. The van der Waals surface area contributed by atoms with Gasteiger partial charge in [0, 0.05) is 25.7 Å². The molecule has 0 N–H and O–H groups in total. The molecular weight excluding hydrogens is 232 g/mol. The Balaban J connectivity index is 2.06. The summed E-state index contributed by atoms with van der Waals surface area (Å²) in [4.78, 5) is 36.6. The Bertz CT molecular complexity index is 504. The largest absolute Gasteiger partial charge is 0.334 e. The van der Waals surface area contributed by atoms with Crippen molar-refractivity contribution in [3.8, 4) is 0 Å². The number of imide groups is 3. The Morgan fingerprint density at radius 3 is 2.22 bits per heavy atom. The lowest BCUT2D eigenvalue weighted by Crippen LogP contribution is -2.44. The summed E-state index contributed by atoms with van der Waals surface area (Å²) in [5.74, 6) is -1.19. The van der Waals surface area contributed by atoms with Crippen molar-refractivity contribution >= 4 is 17.8 Å². The van der Waals surface area contributed by atoms with Gasteiger partial charge < -0.3 is 4.90 Å². The Hall–Kier alpha value is -2.43. The molecule has 5 nitrogen and oxygen atoms in total. The fourth-order valence-corrected chi connectivity index (χ4v) is 1.68. The van der Waals surface area contributed by atoms with Crippen LogP contribution in [-0.4, -0.2) is 34.7 Å². The molecule has 0 aliphatic carbocycles. The molecule has 0 unspecified atom stereocenters. The van der Waals surface area contributed by atoms with E-state index < -0.39 is 17.8 Å². The van der Waals surface area contributed by atoms with E-state index in [9.17, 15) is 14.4 Å². The Morgan fingerprint density at radius 2 is 1.67 bits per heavy atom. The van der Waals surface area contributed by atoms with Gasteiger partial charge in [-0.3, -0.25) is 9.59 Å². The van der Waals surface area contributed by atoms with E-state index in [0.717, 1.165) is 17.7 Å². The van der Waals surface area contributed by atoms with E-state index in [0.29, 0.717) is 11.4 Å². The van der Waals surface area contributed by atoms with E-state index in [-0.39, 0.29) is 0 Å². The summed E-state index contributed by atoms with van der Waals surface area (Å²) >= 11 is 0. The standard InChI is InChI=1S/C13H12N2O3/c1-14(9-10-5-3-2-4-6-10)13(18)15-11(16)7-8-12(15)17/h2-8H,9H2,1H3. The molecule has 0 bridgehead atoms. The van der Waals surface area contributed by atoms with Crippen LogP contribution in [0.4, 0.5) is 4.79 Å². The molecule has 0 saturated carbocycles. The number of benzene rings is 1. The summed E-state index contributed by atoms with van der Waals surface area (Å²) in [7, 11) is 1.55. The molecule has 5 heteroatoms. The second-order valence-corrected chi connectivity index (χ2v) is 3.97. The quantitative estimate of drug-likeness (QED) is 0.733. The van der Waals surface area contributed by atoms with Gasteiger partial charge in [0.05, 0.1) is 0 Å². The highest BCUT2D eigenvalue weighted by Gasteiger charge is 2.32. The molecule has 0 fully saturated rings. The van der Waals surface area contributed by atoms with E-state index >= 15 is 0 Å². The highest BCUT2D eigenvalue weighted by atomic mass is 16.2. The second kappa shape index (κ2) is 4.83. The molecule has 1 heterocycles. The van der Waals surface area contributed by atoms with Crippen molar-refractivity contribution in [3.05, 3.63) is 48.0 Å².